The summed E-state index contributed by atoms with van der Waals surface area (Å²) in [5, 5.41) is 1.09. The Bertz CT molecular complexity index is 881. The van der Waals surface area contributed by atoms with Crippen molar-refractivity contribution in [1.82, 2.24) is 0 Å². The first-order valence-corrected chi connectivity index (χ1v) is 8.22. The van der Waals surface area contributed by atoms with E-state index in [0.29, 0.717) is 15.6 Å². The predicted molar refractivity (Wildman–Crippen MR) is 102 cm³/mol. The molecule has 3 heteroatoms. The lowest BCUT2D eigenvalue weighted by molar-refractivity contribution is 0.104. The van der Waals surface area contributed by atoms with Gasteiger partial charge in [-0.05, 0) is 41.0 Å². The SMILES string of the molecule is O=C(C=Cc1ccc(Cl)cc1Cl)c1ccc(-c2ccccc2)cc1. The summed E-state index contributed by atoms with van der Waals surface area (Å²) in [6.45, 7) is 0. The molecule has 3 aromatic rings. The van der Waals surface area contributed by atoms with E-state index in [1.165, 1.54) is 6.08 Å². The van der Waals surface area contributed by atoms with E-state index >= 15 is 0 Å². The Hall–Kier alpha value is -2.35. The van der Waals surface area contributed by atoms with Crippen molar-refractivity contribution in [2.45, 2.75) is 0 Å². The quantitative estimate of drug-likeness (QED) is 0.384. The highest BCUT2D eigenvalue weighted by molar-refractivity contribution is 6.35. The number of ketones is 1. The van der Waals surface area contributed by atoms with Crippen molar-refractivity contribution in [1.29, 1.82) is 0 Å². The summed E-state index contributed by atoms with van der Waals surface area (Å²) >= 11 is 12.0. The Balaban J connectivity index is 1.77. The first-order valence-electron chi connectivity index (χ1n) is 7.46. The molecule has 0 spiro atoms. The zero-order chi connectivity index (χ0) is 16.9. The molecule has 3 aromatic carbocycles. The molecule has 1 nitrogen and oxygen atoms in total. The van der Waals surface area contributed by atoms with Crippen LogP contribution in [-0.2, 0) is 0 Å². The third kappa shape index (κ3) is 3.94. The van der Waals surface area contributed by atoms with Crippen LogP contribution in [0.3, 0.4) is 0 Å². The summed E-state index contributed by atoms with van der Waals surface area (Å²) in [6.07, 6.45) is 3.22. The van der Waals surface area contributed by atoms with Gasteiger partial charge in [-0.15, -0.1) is 0 Å². The first kappa shape index (κ1) is 16.5. The van der Waals surface area contributed by atoms with Crippen LogP contribution in [0.4, 0.5) is 0 Å². The molecule has 0 aromatic heterocycles. The van der Waals surface area contributed by atoms with Gasteiger partial charge in [0, 0.05) is 15.6 Å². The molecule has 3 rings (SSSR count). The number of carbonyl (C=O) groups is 1. The fourth-order valence-corrected chi connectivity index (χ4v) is 2.83. The number of rotatable bonds is 4. The summed E-state index contributed by atoms with van der Waals surface area (Å²) in [5.74, 6) is -0.0689. The third-order valence-electron chi connectivity index (χ3n) is 3.65. The zero-order valence-electron chi connectivity index (χ0n) is 12.7. The second-order valence-electron chi connectivity index (χ2n) is 5.31. The van der Waals surface area contributed by atoms with Crippen LogP contribution in [0.15, 0.2) is 78.9 Å². The van der Waals surface area contributed by atoms with Gasteiger partial charge in [0.2, 0.25) is 0 Å². The molecule has 0 amide bonds. The van der Waals surface area contributed by atoms with Crippen molar-refractivity contribution in [3.63, 3.8) is 0 Å². The van der Waals surface area contributed by atoms with Gasteiger partial charge in [-0.1, -0.05) is 83.9 Å². The summed E-state index contributed by atoms with van der Waals surface area (Å²) in [4.78, 5) is 12.3. The van der Waals surface area contributed by atoms with Gasteiger partial charge in [0.15, 0.2) is 5.78 Å². The molecule has 0 aliphatic carbocycles. The molecule has 24 heavy (non-hydrogen) atoms. The van der Waals surface area contributed by atoms with E-state index in [2.05, 4.69) is 0 Å². The number of allylic oxidation sites excluding steroid dienone is 1. The first-order chi connectivity index (χ1) is 11.6. The summed E-state index contributed by atoms with van der Waals surface area (Å²) in [5.41, 5.74) is 3.60. The second-order valence-corrected chi connectivity index (χ2v) is 6.15. The topological polar surface area (TPSA) is 17.1 Å². The molecule has 0 unspecified atom stereocenters. The highest BCUT2D eigenvalue weighted by atomic mass is 35.5. The minimum Gasteiger partial charge on any atom is -0.289 e. The molecular formula is C21H14Cl2O. The maximum absolute atomic E-state index is 12.3. The molecule has 0 fully saturated rings. The van der Waals surface area contributed by atoms with Crippen LogP contribution in [-0.4, -0.2) is 5.78 Å². The van der Waals surface area contributed by atoms with Crippen LogP contribution in [0.5, 0.6) is 0 Å². The summed E-state index contributed by atoms with van der Waals surface area (Å²) in [7, 11) is 0. The van der Waals surface area contributed by atoms with E-state index in [1.54, 1.807) is 24.3 Å². The molecule has 0 saturated heterocycles. The van der Waals surface area contributed by atoms with Crippen molar-refractivity contribution in [3.05, 3.63) is 100 Å². The van der Waals surface area contributed by atoms with Crippen molar-refractivity contribution >= 4 is 35.1 Å². The largest absolute Gasteiger partial charge is 0.289 e. The molecule has 118 valence electrons. The lowest BCUT2D eigenvalue weighted by Gasteiger charge is -2.03. The van der Waals surface area contributed by atoms with Crippen LogP contribution in [0.25, 0.3) is 17.2 Å². The van der Waals surface area contributed by atoms with Gasteiger partial charge in [0.1, 0.15) is 0 Å². The lowest BCUT2D eigenvalue weighted by Crippen LogP contribution is -1.93. The lowest BCUT2D eigenvalue weighted by atomic mass is 10.0. The molecule has 0 bridgehead atoms. The number of hydrogen-bond acceptors (Lipinski definition) is 1. The number of benzene rings is 3. The van der Waals surface area contributed by atoms with E-state index in [1.807, 2.05) is 54.6 Å². The van der Waals surface area contributed by atoms with E-state index in [0.717, 1.165) is 16.7 Å². The molecule has 0 heterocycles. The van der Waals surface area contributed by atoms with Gasteiger partial charge in [-0.2, -0.15) is 0 Å². The molecular weight excluding hydrogens is 339 g/mol. The smallest absolute Gasteiger partial charge is 0.185 e. The normalized spacial score (nSPS) is 10.9. The van der Waals surface area contributed by atoms with E-state index in [-0.39, 0.29) is 5.78 Å². The van der Waals surface area contributed by atoms with Crippen LogP contribution in [0.2, 0.25) is 10.0 Å². The molecule has 0 saturated carbocycles. The Labute approximate surface area is 151 Å². The van der Waals surface area contributed by atoms with Crippen molar-refractivity contribution < 1.29 is 4.79 Å². The molecule has 0 aliphatic rings. The van der Waals surface area contributed by atoms with E-state index < -0.39 is 0 Å². The molecule has 0 N–H and O–H groups in total. The number of hydrogen-bond donors (Lipinski definition) is 0. The Morgan fingerprint density at radius 3 is 2.12 bits per heavy atom. The van der Waals surface area contributed by atoms with E-state index in [4.69, 9.17) is 23.2 Å². The maximum Gasteiger partial charge on any atom is 0.185 e. The van der Waals surface area contributed by atoms with Crippen molar-refractivity contribution in [2.75, 3.05) is 0 Å². The van der Waals surface area contributed by atoms with Crippen molar-refractivity contribution in [3.8, 4) is 11.1 Å². The van der Waals surface area contributed by atoms with Gasteiger partial charge in [0.05, 0.1) is 0 Å². The van der Waals surface area contributed by atoms with Crippen molar-refractivity contribution in [2.24, 2.45) is 0 Å². The fraction of sp³-hybridized carbons (Fsp3) is 0. The van der Waals surface area contributed by atoms with Gasteiger partial charge in [0.25, 0.3) is 0 Å². The number of halogens is 2. The average Bonchev–Trinajstić information content (AvgIpc) is 2.62. The van der Waals surface area contributed by atoms with Crippen LogP contribution in [0.1, 0.15) is 15.9 Å². The number of carbonyl (C=O) groups excluding carboxylic acids is 1. The predicted octanol–water partition coefficient (Wildman–Crippen LogP) is 6.56. The molecule has 0 aliphatic heterocycles. The Morgan fingerprint density at radius 1 is 0.792 bits per heavy atom. The Kier molecular flexibility index (Phi) is 5.14. The van der Waals surface area contributed by atoms with Gasteiger partial charge in [-0.3, -0.25) is 4.79 Å². The highest BCUT2D eigenvalue weighted by Gasteiger charge is 2.04. The van der Waals surface area contributed by atoms with Gasteiger partial charge in [-0.25, -0.2) is 0 Å². The summed E-state index contributed by atoms with van der Waals surface area (Å²) < 4.78 is 0. The summed E-state index contributed by atoms with van der Waals surface area (Å²) in [6, 6.07) is 22.8. The Morgan fingerprint density at radius 2 is 1.46 bits per heavy atom. The second kappa shape index (κ2) is 7.48. The monoisotopic (exact) mass is 352 g/mol. The fourth-order valence-electron chi connectivity index (χ4n) is 2.36. The van der Waals surface area contributed by atoms with Crippen LogP contribution >= 0.6 is 23.2 Å². The van der Waals surface area contributed by atoms with Crippen LogP contribution < -0.4 is 0 Å². The maximum atomic E-state index is 12.3. The third-order valence-corrected chi connectivity index (χ3v) is 4.22. The van der Waals surface area contributed by atoms with Gasteiger partial charge < -0.3 is 0 Å². The highest BCUT2D eigenvalue weighted by Crippen LogP contribution is 2.23. The van der Waals surface area contributed by atoms with E-state index in [9.17, 15) is 4.79 Å². The van der Waals surface area contributed by atoms with Crippen LogP contribution in [0, 0.1) is 0 Å². The molecule has 0 radical (unpaired) electrons. The van der Waals surface area contributed by atoms with Gasteiger partial charge >= 0.3 is 0 Å². The average molecular weight is 353 g/mol. The molecule has 0 atom stereocenters. The standard InChI is InChI=1S/C21H14Cl2O/c22-19-12-10-17(20(23)14-19)11-13-21(24)18-8-6-16(7-9-18)15-4-2-1-3-5-15/h1-14H. The zero-order valence-corrected chi connectivity index (χ0v) is 14.3. The minimum atomic E-state index is -0.0689. The minimum absolute atomic E-state index is 0.0689.